The topological polar surface area (TPSA) is 119 Å². The van der Waals surface area contributed by atoms with E-state index in [1.165, 1.54) is 23.5 Å². The number of nitrogens with zero attached hydrogens (tertiary/aromatic N) is 4. The molecule has 0 amide bonds. The Kier molecular flexibility index (Phi) is 4.05. The maximum Gasteiger partial charge on any atom is 0.160 e. The van der Waals surface area contributed by atoms with Crippen molar-refractivity contribution in [3.63, 3.8) is 0 Å². The van der Waals surface area contributed by atoms with Crippen LogP contribution in [0.2, 0.25) is 0 Å². The summed E-state index contributed by atoms with van der Waals surface area (Å²) >= 11 is 2.76. The highest BCUT2D eigenvalue weighted by Gasteiger charge is 2.25. The first-order valence-corrected chi connectivity index (χ1v) is 10.3. The zero-order valence-corrected chi connectivity index (χ0v) is 16.7. The molecule has 0 aromatic heterocycles. The fraction of sp³-hybridized carbons (Fsp3) is 0. The van der Waals surface area contributed by atoms with Gasteiger partial charge >= 0.3 is 0 Å². The molecule has 0 saturated heterocycles. The van der Waals surface area contributed by atoms with Crippen molar-refractivity contribution in [1.82, 2.24) is 0 Å². The molecule has 2 heterocycles. The molecule has 6 nitrogen and oxygen atoms in total. The number of fused-ring (bicyclic) bond motifs is 6. The minimum atomic E-state index is 0.0550. The van der Waals surface area contributed by atoms with Gasteiger partial charge in [-0.3, -0.25) is 0 Å². The molecule has 2 aliphatic rings. The zero-order valence-electron chi connectivity index (χ0n) is 15.1. The van der Waals surface area contributed by atoms with Gasteiger partial charge in [0.25, 0.3) is 0 Å². The van der Waals surface area contributed by atoms with Crippen LogP contribution in [-0.4, -0.2) is 0 Å². The lowest BCUT2D eigenvalue weighted by Crippen LogP contribution is -1.93. The van der Waals surface area contributed by atoms with E-state index in [-0.39, 0.29) is 11.1 Å². The first kappa shape index (κ1) is 18.0. The van der Waals surface area contributed by atoms with Crippen LogP contribution in [-0.2, 0) is 0 Å². The van der Waals surface area contributed by atoms with Crippen molar-refractivity contribution in [2.24, 2.45) is 0 Å². The summed E-state index contributed by atoms with van der Waals surface area (Å²) in [6.45, 7) is 0. The molecular weight excluding hydrogens is 412 g/mol. The Morgan fingerprint density at radius 3 is 2.03 bits per heavy atom. The molecule has 0 saturated carbocycles. The average molecular weight is 420 g/mol. The lowest BCUT2D eigenvalue weighted by atomic mass is 10.0. The Balaban J connectivity index is 1.73. The minimum Gasteiger partial charge on any atom is -0.347 e. The summed E-state index contributed by atoms with van der Waals surface area (Å²) in [6, 6.07) is 19.9. The van der Waals surface area contributed by atoms with Gasteiger partial charge in [-0.2, -0.15) is 21.0 Å². The van der Waals surface area contributed by atoms with Gasteiger partial charge in [-0.1, -0.05) is 35.7 Å². The number of benzene rings is 3. The Bertz CT molecular complexity index is 1390. The Morgan fingerprint density at radius 2 is 1.33 bits per heavy atom. The van der Waals surface area contributed by atoms with Gasteiger partial charge < -0.3 is 10.6 Å². The van der Waals surface area contributed by atoms with Gasteiger partial charge in [0.05, 0.1) is 11.4 Å². The van der Waals surface area contributed by atoms with Gasteiger partial charge in [0, 0.05) is 15.2 Å². The van der Waals surface area contributed by atoms with E-state index in [0.717, 1.165) is 42.7 Å². The molecule has 0 bridgehead atoms. The monoisotopic (exact) mass is 420 g/mol. The van der Waals surface area contributed by atoms with E-state index in [1.807, 2.05) is 48.5 Å². The van der Waals surface area contributed by atoms with Gasteiger partial charge in [0.2, 0.25) is 0 Å². The second-order valence-corrected chi connectivity index (χ2v) is 8.56. The van der Waals surface area contributed by atoms with Gasteiger partial charge in [-0.25, -0.2) is 0 Å². The van der Waals surface area contributed by atoms with Crippen LogP contribution in [0, 0.1) is 45.3 Å². The van der Waals surface area contributed by atoms with E-state index in [4.69, 9.17) is 0 Å². The molecule has 0 fully saturated rings. The molecule has 30 heavy (non-hydrogen) atoms. The van der Waals surface area contributed by atoms with E-state index in [9.17, 15) is 21.0 Å². The summed E-state index contributed by atoms with van der Waals surface area (Å²) in [5.74, 6) is 0. The van der Waals surface area contributed by atoms with Crippen LogP contribution in [0.25, 0.3) is 21.5 Å². The number of rotatable bonds is 0. The fourth-order valence-corrected chi connectivity index (χ4v) is 5.54. The van der Waals surface area contributed by atoms with Crippen molar-refractivity contribution in [2.45, 2.75) is 9.79 Å². The van der Waals surface area contributed by atoms with Gasteiger partial charge in [0.15, 0.2) is 11.1 Å². The number of allylic oxidation sites excluding steroid dienone is 2. The van der Waals surface area contributed by atoms with Crippen LogP contribution in [0.5, 0.6) is 0 Å². The van der Waals surface area contributed by atoms with Gasteiger partial charge in [-0.15, -0.1) is 0 Å². The van der Waals surface area contributed by atoms with Crippen LogP contribution < -0.4 is 10.6 Å². The van der Waals surface area contributed by atoms with Crippen LogP contribution >= 0.6 is 23.5 Å². The third-order valence-corrected chi connectivity index (χ3v) is 7.10. The number of nitrogens with one attached hydrogen (secondary N) is 2. The summed E-state index contributed by atoms with van der Waals surface area (Å²) in [7, 11) is 0. The number of anilines is 2. The van der Waals surface area contributed by atoms with Gasteiger partial charge in [-0.05, 0) is 40.4 Å². The van der Waals surface area contributed by atoms with Crippen molar-refractivity contribution in [3.05, 3.63) is 57.6 Å². The molecular formula is C22H8N6S2. The second-order valence-electron chi connectivity index (χ2n) is 6.49. The Labute approximate surface area is 179 Å². The van der Waals surface area contributed by atoms with Crippen molar-refractivity contribution >= 4 is 56.4 Å². The van der Waals surface area contributed by atoms with E-state index < -0.39 is 0 Å². The molecule has 2 N–H and O–H groups in total. The van der Waals surface area contributed by atoms with Crippen molar-refractivity contribution < 1.29 is 0 Å². The Morgan fingerprint density at radius 1 is 0.700 bits per heavy atom. The van der Waals surface area contributed by atoms with Crippen LogP contribution in [0.1, 0.15) is 0 Å². The quantitative estimate of drug-likeness (QED) is 0.359. The lowest BCUT2D eigenvalue weighted by Gasteiger charge is -2.09. The van der Waals surface area contributed by atoms with E-state index in [0.29, 0.717) is 10.1 Å². The fourth-order valence-electron chi connectivity index (χ4n) is 3.50. The van der Waals surface area contributed by atoms with Crippen molar-refractivity contribution in [1.29, 1.82) is 21.0 Å². The zero-order chi connectivity index (χ0) is 20.8. The van der Waals surface area contributed by atoms with Gasteiger partial charge in [0.1, 0.15) is 34.3 Å². The summed E-state index contributed by atoms with van der Waals surface area (Å²) in [5, 5.41) is 48.3. The average Bonchev–Trinajstić information content (AvgIpc) is 3.39. The standard InChI is InChI=1S/C22H8N6S2/c23-7-13(8-24)21-27-17-3-1-12-5-11-2-4-18-19(15(11)6-16(12)20(17)30-21)28-22(29-18)14(9-25)10-26/h1-6,27-28H. The van der Waals surface area contributed by atoms with Crippen LogP contribution in [0.3, 0.4) is 0 Å². The molecule has 0 unspecified atom stereocenters. The molecule has 8 heteroatoms. The molecule has 2 aliphatic heterocycles. The molecule has 0 aliphatic carbocycles. The predicted octanol–water partition coefficient (Wildman–Crippen LogP) is 5.55. The summed E-state index contributed by atoms with van der Waals surface area (Å²) in [5.41, 5.74) is 1.84. The summed E-state index contributed by atoms with van der Waals surface area (Å²) in [6.07, 6.45) is 0. The van der Waals surface area contributed by atoms with Crippen molar-refractivity contribution in [2.75, 3.05) is 10.6 Å². The van der Waals surface area contributed by atoms with Crippen molar-refractivity contribution in [3.8, 4) is 24.3 Å². The maximum atomic E-state index is 9.19. The minimum absolute atomic E-state index is 0.0550. The molecule has 0 radical (unpaired) electrons. The largest absolute Gasteiger partial charge is 0.347 e. The third kappa shape index (κ3) is 2.57. The number of nitriles is 4. The smallest absolute Gasteiger partial charge is 0.160 e. The second kappa shape index (κ2) is 6.76. The number of hydrogen-bond donors (Lipinski definition) is 2. The van der Waals surface area contributed by atoms with Crippen LogP contribution in [0.15, 0.2) is 67.4 Å². The maximum absolute atomic E-state index is 9.19. The molecule has 3 aromatic rings. The molecule has 0 atom stereocenters. The Hall–Kier alpha value is -4.08. The normalized spacial score (nSPS) is 13.3. The van der Waals surface area contributed by atoms with E-state index in [2.05, 4.69) is 22.8 Å². The highest BCUT2D eigenvalue weighted by Crippen LogP contribution is 2.50. The first-order valence-electron chi connectivity index (χ1n) is 8.69. The molecule has 3 aromatic carbocycles. The highest BCUT2D eigenvalue weighted by molar-refractivity contribution is 8.04. The summed E-state index contributed by atoms with van der Waals surface area (Å²) < 4.78 is 0. The third-order valence-electron chi connectivity index (χ3n) is 4.87. The van der Waals surface area contributed by atoms with E-state index in [1.54, 1.807) is 0 Å². The summed E-state index contributed by atoms with van der Waals surface area (Å²) in [4.78, 5) is 1.91. The van der Waals surface area contributed by atoms with E-state index >= 15 is 0 Å². The SMILES string of the molecule is N#CC(C#N)=C1Nc2c(ccc3cc4ccc5c(c4cc23)SC(=C(C#N)C#N)N5)S1. The lowest BCUT2D eigenvalue weighted by molar-refractivity contribution is 1.43. The highest BCUT2D eigenvalue weighted by atomic mass is 32.2. The molecule has 5 rings (SSSR count). The predicted molar refractivity (Wildman–Crippen MR) is 117 cm³/mol. The number of thioether (sulfide) groups is 2. The first-order chi connectivity index (χ1) is 14.7. The van der Waals surface area contributed by atoms with Crippen LogP contribution in [0.4, 0.5) is 11.4 Å². The molecule has 0 spiro atoms. The number of hydrogen-bond acceptors (Lipinski definition) is 8. The molecule has 138 valence electrons.